The Kier molecular flexibility index (Phi) is 4.96. The third-order valence-electron chi connectivity index (χ3n) is 3.02. The van der Waals surface area contributed by atoms with Gasteiger partial charge in [-0.1, -0.05) is 49.7 Å². The smallest absolute Gasteiger partial charge is 0.126 e. The Bertz CT molecular complexity index is 496. The lowest BCUT2D eigenvalue weighted by atomic mass is 10.0. The fraction of sp³-hybridized carbons (Fsp3) is 0.294. The van der Waals surface area contributed by atoms with Gasteiger partial charge < -0.3 is 4.74 Å². The maximum absolute atomic E-state index is 13.2. The Balaban J connectivity index is 2.04. The fourth-order valence-corrected chi connectivity index (χ4v) is 2.13. The van der Waals surface area contributed by atoms with Gasteiger partial charge in [-0.25, -0.2) is 4.39 Å². The number of hydrogen-bond donors (Lipinski definition) is 0. The highest BCUT2D eigenvalue weighted by Crippen LogP contribution is 2.18. The van der Waals surface area contributed by atoms with Crippen molar-refractivity contribution in [3.05, 3.63) is 66.0 Å². The summed E-state index contributed by atoms with van der Waals surface area (Å²) in [6, 6.07) is 16.6. The molecule has 0 fully saturated rings. The van der Waals surface area contributed by atoms with Gasteiger partial charge in [0.05, 0.1) is 0 Å². The highest BCUT2D eigenvalue weighted by atomic mass is 19.1. The zero-order valence-corrected chi connectivity index (χ0v) is 11.2. The van der Waals surface area contributed by atoms with E-state index in [-0.39, 0.29) is 11.9 Å². The van der Waals surface area contributed by atoms with E-state index in [4.69, 9.17) is 4.74 Å². The molecule has 0 saturated heterocycles. The van der Waals surface area contributed by atoms with E-state index >= 15 is 0 Å². The average molecular weight is 258 g/mol. The molecule has 0 N–H and O–H groups in total. The molecule has 0 aliphatic carbocycles. The van der Waals surface area contributed by atoms with E-state index in [1.807, 2.05) is 18.2 Å². The van der Waals surface area contributed by atoms with Gasteiger partial charge in [0.1, 0.15) is 17.7 Å². The highest BCUT2D eigenvalue weighted by molar-refractivity contribution is 5.23. The van der Waals surface area contributed by atoms with Crippen LogP contribution in [0.1, 0.15) is 25.3 Å². The molecule has 2 aromatic carbocycles. The largest absolute Gasteiger partial charge is 0.490 e. The zero-order chi connectivity index (χ0) is 13.5. The van der Waals surface area contributed by atoms with Crippen LogP contribution in [0.25, 0.3) is 0 Å². The quantitative estimate of drug-likeness (QED) is 0.735. The minimum atomic E-state index is -0.257. The summed E-state index contributed by atoms with van der Waals surface area (Å²) >= 11 is 0. The standard InChI is InChI=1S/C17H19FO/c1-2-7-16(12-14-8-4-3-5-9-14)19-17-11-6-10-15(18)13-17/h3-6,8-11,13,16H,2,7,12H2,1H3. The summed E-state index contributed by atoms with van der Waals surface area (Å²) in [5.41, 5.74) is 1.25. The molecule has 0 spiro atoms. The number of benzene rings is 2. The molecule has 0 radical (unpaired) electrons. The third-order valence-corrected chi connectivity index (χ3v) is 3.02. The molecule has 0 aliphatic rings. The van der Waals surface area contributed by atoms with Gasteiger partial charge in [-0.15, -0.1) is 0 Å². The predicted octanol–water partition coefficient (Wildman–Crippen LogP) is 4.62. The Morgan fingerprint density at radius 2 is 1.84 bits per heavy atom. The molecule has 1 unspecified atom stereocenters. The predicted molar refractivity (Wildman–Crippen MR) is 75.9 cm³/mol. The van der Waals surface area contributed by atoms with Crippen molar-refractivity contribution in [1.29, 1.82) is 0 Å². The van der Waals surface area contributed by atoms with Crippen LogP contribution in [0.5, 0.6) is 5.75 Å². The molecule has 100 valence electrons. The van der Waals surface area contributed by atoms with Crippen LogP contribution in [0, 0.1) is 5.82 Å². The summed E-state index contributed by atoms with van der Waals surface area (Å²) in [6.45, 7) is 2.13. The molecule has 0 aliphatic heterocycles. The normalized spacial score (nSPS) is 12.1. The number of hydrogen-bond acceptors (Lipinski definition) is 1. The van der Waals surface area contributed by atoms with Gasteiger partial charge >= 0.3 is 0 Å². The van der Waals surface area contributed by atoms with E-state index < -0.39 is 0 Å². The summed E-state index contributed by atoms with van der Waals surface area (Å²) in [5.74, 6) is 0.349. The monoisotopic (exact) mass is 258 g/mol. The minimum Gasteiger partial charge on any atom is -0.490 e. The van der Waals surface area contributed by atoms with E-state index in [1.165, 1.54) is 17.7 Å². The maximum Gasteiger partial charge on any atom is 0.126 e. The van der Waals surface area contributed by atoms with E-state index in [9.17, 15) is 4.39 Å². The molecule has 0 amide bonds. The Morgan fingerprint density at radius 3 is 2.53 bits per heavy atom. The highest BCUT2D eigenvalue weighted by Gasteiger charge is 2.11. The van der Waals surface area contributed by atoms with Crippen LogP contribution in [0.4, 0.5) is 4.39 Å². The molecule has 0 heterocycles. The first-order valence-corrected chi connectivity index (χ1v) is 6.74. The van der Waals surface area contributed by atoms with Gasteiger partial charge in [-0.3, -0.25) is 0 Å². The molecule has 1 nitrogen and oxygen atoms in total. The van der Waals surface area contributed by atoms with E-state index in [1.54, 1.807) is 12.1 Å². The van der Waals surface area contributed by atoms with Gasteiger partial charge in [0.15, 0.2) is 0 Å². The van der Waals surface area contributed by atoms with Crippen molar-refractivity contribution >= 4 is 0 Å². The molecule has 0 saturated carbocycles. The second-order valence-corrected chi connectivity index (χ2v) is 4.68. The van der Waals surface area contributed by atoms with Crippen LogP contribution < -0.4 is 4.74 Å². The Labute approximate surface area is 114 Å². The molecule has 2 aromatic rings. The Morgan fingerprint density at radius 1 is 1.05 bits per heavy atom. The van der Waals surface area contributed by atoms with Crippen molar-refractivity contribution in [3.63, 3.8) is 0 Å². The first kappa shape index (κ1) is 13.6. The second-order valence-electron chi connectivity index (χ2n) is 4.68. The van der Waals surface area contributed by atoms with E-state index in [2.05, 4.69) is 19.1 Å². The topological polar surface area (TPSA) is 9.23 Å². The molecular weight excluding hydrogens is 239 g/mol. The number of halogens is 1. The van der Waals surface area contributed by atoms with Crippen molar-refractivity contribution < 1.29 is 9.13 Å². The van der Waals surface area contributed by atoms with Gasteiger partial charge in [-0.2, -0.15) is 0 Å². The molecule has 1 atom stereocenters. The summed E-state index contributed by atoms with van der Waals surface area (Å²) in [5, 5.41) is 0. The fourth-order valence-electron chi connectivity index (χ4n) is 2.13. The number of ether oxygens (including phenoxy) is 1. The van der Waals surface area contributed by atoms with Gasteiger partial charge in [-0.05, 0) is 24.1 Å². The SMILES string of the molecule is CCCC(Cc1ccccc1)Oc1cccc(F)c1. The number of rotatable bonds is 6. The van der Waals surface area contributed by atoms with Crippen molar-refractivity contribution in [2.75, 3.05) is 0 Å². The lowest BCUT2D eigenvalue weighted by molar-refractivity contribution is 0.189. The van der Waals surface area contributed by atoms with Crippen LogP contribution >= 0.6 is 0 Å². The molecule has 0 bridgehead atoms. The van der Waals surface area contributed by atoms with Crippen LogP contribution in [0.3, 0.4) is 0 Å². The van der Waals surface area contributed by atoms with Gasteiger partial charge in [0, 0.05) is 12.5 Å². The molecule has 0 aromatic heterocycles. The second kappa shape index (κ2) is 6.93. The zero-order valence-electron chi connectivity index (χ0n) is 11.2. The Hall–Kier alpha value is -1.83. The van der Waals surface area contributed by atoms with Crippen molar-refractivity contribution in [1.82, 2.24) is 0 Å². The van der Waals surface area contributed by atoms with Crippen LogP contribution in [0.15, 0.2) is 54.6 Å². The minimum absolute atomic E-state index is 0.0919. The first-order valence-electron chi connectivity index (χ1n) is 6.74. The molecule has 2 heteroatoms. The van der Waals surface area contributed by atoms with Gasteiger partial charge in [0.25, 0.3) is 0 Å². The summed E-state index contributed by atoms with van der Waals surface area (Å²) in [6.07, 6.45) is 2.96. The maximum atomic E-state index is 13.2. The lowest BCUT2D eigenvalue weighted by Gasteiger charge is -2.18. The first-order chi connectivity index (χ1) is 9.28. The van der Waals surface area contributed by atoms with Crippen LogP contribution in [0.2, 0.25) is 0 Å². The van der Waals surface area contributed by atoms with Crippen LogP contribution in [-0.4, -0.2) is 6.10 Å². The van der Waals surface area contributed by atoms with E-state index in [0.717, 1.165) is 19.3 Å². The molecular formula is C17H19FO. The molecule has 19 heavy (non-hydrogen) atoms. The van der Waals surface area contributed by atoms with E-state index in [0.29, 0.717) is 5.75 Å². The van der Waals surface area contributed by atoms with Gasteiger partial charge in [0.2, 0.25) is 0 Å². The summed E-state index contributed by atoms with van der Waals surface area (Å²) < 4.78 is 19.0. The third kappa shape index (κ3) is 4.40. The van der Waals surface area contributed by atoms with Crippen molar-refractivity contribution in [2.45, 2.75) is 32.3 Å². The van der Waals surface area contributed by atoms with Crippen LogP contribution in [-0.2, 0) is 6.42 Å². The average Bonchev–Trinajstić information content (AvgIpc) is 2.40. The van der Waals surface area contributed by atoms with Crippen molar-refractivity contribution in [2.24, 2.45) is 0 Å². The summed E-state index contributed by atoms with van der Waals surface area (Å²) in [4.78, 5) is 0. The summed E-state index contributed by atoms with van der Waals surface area (Å²) in [7, 11) is 0. The van der Waals surface area contributed by atoms with Crippen molar-refractivity contribution in [3.8, 4) is 5.75 Å². The molecule has 2 rings (SSSR count). The lowest BCUT2D eigenvalue weighted by Crippen LogP contribution is -2.19.